The van der Waals surface area contributed by atoms with Gasteiger partial charge in [0, 0.05) is 12.6 Å². The largest absolute Gasteiger partial charge is 0.416 e. The van der Waals surface area contributed by atoms with Gasteiger partial charge < -0.3 is 11.2 Å². The van der Waals surface area contributed by atoms with Gasteiger partial charge in [-0.1, -0.05) is 12.2 Å². The fraction of sp³-hybridized carbons (Fsp3) is 0.273. The Hall–Kier alpha value is -2.12. The Kier molecular flexibility index (Phi) is 3.65. The Morgan fingerprint density at radius 2 is 2.20 bits per heavy atom. The summed E-state index contributed by atoms with van der Waals surface area (Å²) in [5.41, 5.74) is 7.64. The van der Waals surface area contributed by atoms with Crippen molar-refractivity contribution in [3.63, 3.8) is 0 Å². The number of halogens is 3. The van der Waals surface area contributed by atoms with E-state index in [4.69, 9.17) is 5.73 Å². The van der Waals surface area contributed by atoms with Gasteiger partial charge in [-0.15, -0.1) is 9.89 Å². The van der Waals surface area contributed by atoms with E-state index in [0.717, 1.165) is 12.2 Å². The van der Waals surface area contributed by atoms with Crippen LogP contribution < -0.4 is 11.2 Å². The molecule has 0 spiro atoms. The lowest BCUT2D eigenvalue weighted by Crippen LogP contribution is -2.16. The minimum Gasteiger partial charge on any atom is -0.367 e. The molecule has 0 bridgehead atoms. The number of nitrogens with zero attached hydrogens (tertiary/aromatic N) is 3. The van der Waals surface area contributed by atoms with Crippen molar-refractivity contribution in [3.8, 4) is 0 Å². The molecular weight excluding hydrogens is 291 g/mol. The Morgan fingerprint density at radius 3 is 2.70 bits per heavy atom. The molecule has 1 aliphatic rings. The van der Waals surface area contributed by atoms with Crippen LogP contribution in [0.2, 0.25) is 0 Å². The summed E-state index contributed by atoms with van der Waals surface area (Å²) in [6.45, 7) is 0. The number of hydrogen-bond donors (Lipinski definition) is 2. The predicted octanol–water partition coefficient (Wildman–Crippen LogP) is 1.70. The maximum absolute atomic E-state index is 12.6. The van der Waals surface area contributed by atoms with Gasteiger partial charge in [0.05, 0.1) is 11.5 Å². The molecule has 0 aromatic carbocycles. The van der Waals surface area contributed by atoms with E-state index in [-0.39, 0.29) is 17.3 Å². The molecule has 1 aromatic rings. The molecule has 0 saturated heterocycles. The highest BCUT2D eigenvalue weighted by Crippen LogP contribution is 2.35. The van der Waals surface area contributed by atoms with Crippen molar-refractivity contribution >= 4 is 23.2 Å². The van der Waals surface area contributed by atoms with Gasteiger partial charge in [0.25, 0.3) is 0 Å². The zero-order valence-corrected chi connectivity index (χ0v) is 11.1. The minimum absolute atomic E-state index is 0.102. The number of aromatic nitrogens is 3. The van der Waals surface area contributed by atoms with E-state index >= 15 is 0 Å². The molecule has 0 aliphatic heterocycles. The van der Waals surface area contributed by atoms with Gasteiger partial charge in [-0.05, 0) is 23.3 Å². The smallest absolute Gasteiger partial charge is 0.367 e. The quantitative estimate of drug-likeness (QED) is 0.814. The molecule has 0 amide bonds. The van der Waals surface area contributed by atoms with Crippen LogP contribution >= 0.6 is 12.2 Å². The summed E-state index contributed by atoms with van der Waals surface area (Å²) in [5.74, 6) is -0.251. The average Bonchev–Trinajstić information content (AvgIpc) is 2.78. The molecule has 1 aromatic heterocycles. The number of thiocarbonyl (C=S) groups is 1. The third-order valence-corrected chi connectivity index (χ3v) is 2.93. The number of nitrogens with two attached hydrogens (primary N) is 1. The maximum atomic E-state index is 12.6. The highest BCUT2D eigenvalue weighted by molar-refractivity contribution is 7.78. The van der Waals surface area contributed by atoms with E-state index in [1.54, 1.807) is 7.05 Å². The Balaban J connectivity index is 2.39. The van der Waals surface area contributed by atoms with Crippen molar-refractivity contribution in [3.05, 3.63) is 35.2 Å². The number of nitrogen functional groups attached to an aromatic ring is 1. The molecule has 0 fully saturated rings. The van der Waals surface area contributed by atoms with Gasteiger partial charge in [0.2, 0.25) is 5.95 Å². The van der Waals surface area contributed by atoms with E-state index in [0.29, 0.717) is 0 Å². The SMILES string of the molecule is CNn1nc(C2C=CC(C(F)(F)F)=CC2=C=S)nc1N. The molecule has 2 rings (SSSR count). The van der Waals surface area contributed by atoms with E-state index in [1.165, 1.54) is 10.9 Å². The summed E-state index contributed by atoms with van der Waals surface area (Å²) in [7, 11) is 1.59. The molecule has 5 nitrogen and oxygen atoms in total. The molecule has 20 heavy (non-hydrogen) atoms. The lowest BCUT2D eigenvalue weighted by Gasteiger charge is -2.16. The Labute approximate surface area is 117 Å². The number of rotatable bonds is 2. The summed E-state index contributed by atoms with van der Waals surface area (Å²) >= 11 is 4.65. The predicted molar refractivity (Wildman–Crippen MR) is 71.8 cm³/mol. The topological polar surface area (TPSA) is 68.8 Å². The fourth-order valence-corrected chi connectivity index (χ4v) is 1.93. The van der Waals surface area contributed by atoms with E-state index in [9.17, 15) is 13.2 Å². The Bertz CT molecular complexity index is 637. The highest BCUT2D eigenvalue weighted by Gasteiger charge is 2.35. The number of alkyl halides is 3. The molecular formula is C11H10F3N5S. The number of allylic oxidation sites excluding steroid dienone is 5. The van der Waals surface area contributed by atoms with Crippen LogP contribution in [-0.4, -0.2) is 33.1 Å². The maximum Gasteiger partial charge on any atom is 0.416 e. The molecule has 1 heterocycles. The van der Waals surface area contributed by atoms with Crippen molar-refractivity contribution in [1.29, 1.82) is 0 Å². The normalized spacial score (nSPS) is 18.7. The molecule has 3 N–H and O–H groups in total. The van der Waals surface area contributed by atoms with Crippen LogP contribution in [0.1, 0.15) is 11.7 Å². The van der Waals surface area contributed by atoms with Crippen molar-refractivity contribution in [2.75, 3.05) is 18.2 Å². The standard InChI is InChI=1S/C11H10F3N5S/c1-16-19-10(15)17-9(18-19)8-3-2-7(11(12,13)14)4-6(8)5-20/h2-4,8,16H,1H3,(H2,15,17,18). The van der Waals surface area contributed by atoms with Crippen molar-refractivity contribution in [1.82, 2.24) is 14.9 Å². The van der Waals surface area contributed by atoms with Crippen LogP contribution in [0.25, 0.3) is 0 Å². The molecule has 1 aliphatic carbocycles. The number of anilines is 1. The van der Waals surface area contributed by atoms with Gasteiger partial charge in [-0.3, -0.25) is 0 Å². The Morgan fingerprint density at radius 1 is 1.50 bits per heavy atom. The first-order valence-electron chi connectivity index (χ1n) is 5.49. The lowest BCUT2D eigenvalue weighted by atomic mass is 9.91. The second-order valence-corrected chi connectivity index (χ2v) is 4.16. The van der Waals surface area contributed by atoms with Crippen LogP contribution in [0.5, 0.6) is 0 Å². The monoisotopic (exact) mass is 301 g/mol. The summed E-state index contributed by atoms with van der Waals surface area (Å²) < 4.78 is 37.9. The van der Waals surface area contributed by atoms with Crippen molar-refractivity contribution in [2.45, 2.75) is 12.1 Å². The second-order valence-electron chi connectivity index (χ2n) is 3.96. The fourth-order valence-electron chi connectivity index (χ4n) is 1.74. The molecule has 1 atom stereocenters. The third-order valence-electron chi connectivity index (χ3n) is 2.70. The third kappa shape index (κ3) is 2.59. The first kappa shape index (κ1) is 14.3. The van der Waals surface area contributed by atoms with Crippen LogP contribution in [0.3, 0.4) is 0 Å². The van der Waals surface area contributed by atoms with Crippen molar-refractivity contribution in [2.24, 2.45) is 0 Å². The molecule has 9 heteroatoms. The summed E-state index contributed by atoms with van der Waals surface area (Å²) in [5, 5.41) is 6.36. The minimum atomic E-state index is -4.43. The zero-order valence-electron chi connectivity index (χ0n) is 10.3. The van der Waals surface area contributed by atoms with Crippen LogP contribution in [0.4, 0.5) is 19.1 Å². The lowest BCUT2D eigenvalue weighted by molar-refractivity contribution is -0.0883. The zero-order chi connectivity index (χ0) is 14.9. The van der Waals surface area contributed by atoms with E-state index < -0.39 is 17.7 Å². The van der Waals surface area contributed by atoms with Gasteiger partial charge in [-0.2, -0.15) is 18.2 Å². The molecule has 1 unspecified atom stereocenters. The van der Waals surface area contributed by atoms with Gasteiger partial charge in [0.15, 0.2) is 5.82 Å². The molecule has 106 valence electrons. The highest BCUT2D eigenvalue weighted by atomic mass is 32.1. The van der Waals surface area contributed by atoms with Crippen LogP contribution in [0.15, 0.2) is 29.4 Å². The first-order chi connectivity index (χ1) is 9.36. The second kappa shape index (κ2) is 5.10. The molecule has 0 radical (unpaired) electrons. The van der Waals surface area contributed by atoms with E-state index in [2.05, 4.69) is 32.7 Å². The van der Waals surface area contributed by atoms with Gasteiger partial charge >= 0.3 is 6.18 Å². The summed E-state index contributed by atoms with van der Waals surface area (Å²) in [4.78, 5) is 5.20. The van der Waals surface area contributed by atoms with Gasteiger partial charge in [-0.25, -0.2) is 0 Å². The van der Waals surface area contributed by atoms with Crippen molar-refractivity contribution < 1.29 is 13.2 Å². The number of nitrogens with one attached hydrogen (secondary N) is 1. The van der Waals surface area contributed by atoms with Crippen LogP contribution in [-0.2, 0) is 0 Å². The number of hydrogen-bond acceptors (Lipinski definition) is 5. The summed E-state index contributed by atoms with van der Waals surface area (Å²) in [6, 6.07) is 0. The molecule has 0 saturated carbocycles. The summed E-state index contributed by atoms with van der Waals surface area (Å²) in [6.07, 6.45) is -1.20. The first-order valence-corrected chi connectivity index (χ1v) is 5.90. The van der Waals surface area contributed by atoms with E-state index in [1.807, 2.05) is 0 Å². The average molecular weight is 301 g/mol. The van der Waals surface area contributed by atoms with Gasteiger partial charge in [0.1, 0.15) is 0 Å². The van der Waals surface area contributed by atoms with Crippen LogP contribution in [0, 0.1) is 0 Å².